The Balaban J connectivity index is 1.17. The molecule has 52 heavy (non-hydrogen) atoms. The number of aryl methyl sites for hydroxylation is 1. The van der Waals surface area contributed by atoms with Gasteiger partial charge < -0.3 is 13.9 Å². The fraction of sp³-hybridized carbons (Fsp3) is 0.0217. The van der Waals surface area contributed by atoms with E-state index in [1.54, 1.807) is 0 Å². The molecule has 9 rings (SSSR count). The third-order valence-electron chi connectivity index (χ3n) is 9.32. The summed E-state index contributed by atoms with van der Waals surface area (Å²) >= 11 is 0. The average molecular weight is 670 g/mol. The van der Waals surface area contributed by atoms with Crippen LogP contribution in [-0.2, 0) is 7.05 Å². The molecule has 0 spiro atoms. The second kappa shape index (κ2) is 12.9. The van der Waals surface area contributed by atoms with Crippen LogP contribution in [0.3, 0.4) is 0 Å². The van der Waals surface area contributed by atoms with Gasteiger partial charge >= 0.3 is 0 Å². The lowest BCUT2D eigenvalue weighted by molar-refractivity contribution is -0.649. The molecule has 0 amide bonds. The van der Waals surface area contributed by atoms with E-state index < -0.39 is 0 Å². The summed E-state index contributed by atoms with van der Waals surface area (Å²) in [5.74, 6) is 1.40. The third kappa shape index (κ3) is 5.47. The Hall–Kier alpha value is -7.23. The van der Waals surface area contributed by atoms with Crippen LogP contribution in [0.1, 0.15) is 0 Å². The number of hydrogen-bond acceptors (Lipinski definition) is 1. The van der Waals surface area contributed by atoms with E-state index in [2.05, 4.69) is 113 Å². The molecule has 0 saturated carbocycles. The zero-order chi connectivity index (χ0) is 35.0. The second-order valence-corrected chi connectivity index (χ2v) is 12.6. The molecule has 0 bridgehead atoms. The van der Waals surface area contributed by atoms with Crippen LogP contribution in [0.25, 0.3) is 66.2 Å². The Labute approximate surface area is 301 Å². The molecule has 0 atom stereocenters. The van der Waals surface area contributed by atoms with Crippen molar-refractivity contribution in [3.8, 4) is 50.8 Å². The molecule has 7 aromatic carbocycles. The molecule has 2 heterocycles. The molecular formula is C46H31N5O. The maximum Gasteiger partial charge on any atom is 0.269 e. The van der Waals surface area contributed by atoms with Crippen LogP contribution in [0.5, 0.6) is 11.5 Å². The van der Waals surface area contributed by atoms with Crippen molar-refractivity contribution in [2.45, 2.75) is 0 Å². The summed E-state index contributed by atoms with van der Waals surface area (Å²) in [5, 5.41) is 0. The van der Waals surface area contributed by atoms with E-state index in [1.165, 1.54) is 0 Å². The van der Waals surface area contributed by atoms with Gasteiger partial charge in [0.1, 0.15) is 11.5 Å². The maximum atomic E-state index is 7.84. The number of nitrogens with zero attached hydrogens (tertiary/aromatic N) is 5. The number of fused-ring (bicyclic) bond motifs is 2. The highest BCUT2D eigenvalue weighted by molar-refractivity contribution is 5.85. The number of rotatable bonds is 7. The highest BCUT2D eigenvalue weighted by Crippen LogP contribution is 2.35. The summed E-state index contributed by atoms with van der Waals surface area (Å²) in [6, 6.07) is 57.3. The Morgan fingerprint density at radius 1 is 0.538 bits per heavy atom. The SMILES string of the molecule is [C-]#[N+]c1ccc2c(c1)[n+](-c1c(-c3ccccc3)cccc1-c1ccccc1)[c-]n2-c1cccc(Oc2cccc(-n3[c-][n+](C)c4ccccc43)c2)c1. The summed E-state index contributed by atoms with van der Waals surface area (Å²) in [4.78, 5) is 3.79. The molecule has 246 valence electrons. The molecular weight excluding hydrogens is 639 g/mol. The second-order valence-electron chi connectivity index (χ2n) is 12.6. The van der Waals surface area contributed by atoms with E-state index >= 15 is 0 Å². The van der Waals surface area contributed by atoms with Crippen molar-refractivity contribution in [1.29, 1.82) is 0 Å². The van der Waals surface area contributed by atoms with Crippen molar-refractivity contribution in [3.63, 3.8) is 0 Å². The molecule has 9 aromatic rings. The lowest BCUT2D eigenvalue weighted by Gasteiger charge is -2.17. The number of hydrogen-bond donors (Lipinski definition) is 0. The van der Waals surface area contributed by atoms with Crippen molar-refractivity contribution in [3.05, 3.63) is 194 Å². The Morgan fingerprint density at radius 2 is 1.10 bits per heavy atom. The normalized spacial score (nSPS) is 11.2. The van der Waals surface area contributed by atoms with Crippen LogP contribution in [0, 0.1) is 19.2 Å². The van der Waals surface area contributed by atoms with Gasteiger partial charge in [-0.05, 0) is 58.7 Å². The van der Waals surface area contributed by atoms with Gasteiger partial charge in [0.05, 0.1) is 52.7 Å². The zero-order valence-corrected chi connectivity index (χ0v) is 28.3. The van der Waals surface area contributed by atoms with Crippen molar-refractivity contribution in [2.75, 3.05) is 0 Å². The number of ether oxygens (including phenoxy) is 1. The molecule has 0 aliphatic rings. The first-order valence-electron chi connectivity index (χ1n) is 17.0. The van der Waals surface area contributed by atoms with Gasteiger partial charge in [-0.1, -0.05) is 133 Å². The van der Waals surface area contributed by atoms with Crippen molar-refractivity contribution in [2.24, 2.45) is 7.05 Å². The monoisotopic (exact) mass is 669 g/mol. The van der Waals surface area contributed by atoms with E-state index in [1.807, 2.05) is 99.6 Å². The first-order chi connectivity index (χ1) is 25.6. The first kappa shape index (κ1) is 30.8. The van der Waals surface area contributed by atoms with E-state index in [0.29, 0.717) is 17.2 Å². The summed E-state index contributed by atoms with van der Waals surface area (Å²) in [6.07, 6.45) is 7.11. The molecule has 0 aliphatic heterocycles. The Morgan fingerprint density at radius 3 is 1.73 bits per heavy atom. The van der Waals surface area contributed by atoms with Gasteiger partial charge in [-0.15, -0.1) is 0 Å². The lowest BCUT2D eigenvalue weighted by atomic mass is 9.95. The summed E-state index contributed by atoms with van der Waals surface area (Å²) in [7, 11) is 2.00. The fourth-order valence-corrected chi connectivity index (χ4v) is 6.91. The van der Waals surface area contributed by atoms with E-state index in [4.69, 9.17) is 11.3 Å². The molecule has 2 aromatic heterocycles. The molecule has 0 saturated heterocycles. The van der Waals surface area contributed by atoms with Crippen LogP contribution in [0.15, 0.2) is 170 Å². The number of para-hydroxylation sites is 3. The van der Waals surface area contributed by atoms with Crippen molar-refractivity contribution in [1.82, 2.24) is 9.13 Å². The number of aromatic nitrogens is 4. The zero-order valence-electron chi connectivity index (χ0n) is 28.3. The largest absolute Gasteiger partial charge is 0.459 e. The topological polar surface area (TPSA) is 31.2 Å². The van der Waals surface area contributed by atoms with Gasteiger partial charge in [0, 0.05) is 0 Å². The predicted molar refractivity (Wildman–Crippen MR) is 204 cm³/mol. The molecule has 6 heteroatoms. The molecule has 0 radical (unpaired) electrons. The van der Waals surface area contributed by atoms with Gasteiger partial charge in [0.2, 0.25) is 6.33 Å². The molecule has 0 aliphatic carbocycles. The molecule has 0 N–H and O–H groups in total. The smallest absolute Gasteiger partial charge is 0.269 e. The van der Waals surface area contributed by atoms with Crippen LogP contribution in [0.4, 0.5) is 5.69 Å². The van der Waals surface area contributed by atoms with E-state index in [-0.39, 0.29) is 0 Å². The summed E-state index contributed by atoms with van der Waals surface area (Å²) in [6.45, 7) is 7.84. The fourth-order valence-electron chi connectivity index (χ4n) is 6.91. The third-order valence-corrected chi connectivity index (χ3v) is 9.32. The average Bonchev–Trinajstić information content (AvgIpc) is 3.76. The van der Waals surface area contributed by atoms with Crippen LogP contribution in [-0.4, -0.2) is 9.13 Å². The quantitative estimate of drug-likeness (QED) is 0.123. The van der Waals surface area contributed by atoms with Crippen LogP contribution in [0.2, 0.25) is 0 Å². The van der Waals surface area contributed by atoms with Crippen LogP contribution < -0.4 is 13.9 Å². The minimum Gasteiger partial charge on any atom is -0.459 e. The van der Waals surface area contributed by atoms with E-state index in [9.17, 15) is 0 Å². The van der Waals surface area contributed by atoms with Gasteiger partial charge in [-0.3, -0.25) is 9.13 Å². The highest BCUT2D eigenvalue weighted by atomic mass is 16.5. The number of benzene rings is 7. The van der Waals surface area contributed by atoms with Gasteiger partial charge in [0.15, 0.2) is 5.69 Å². The lowest BCUT2D eigenvalue weighted by Crippen LogP contribution is -2.31. The minimum atomic E-state index is 0.559. The summed E-state index contributed by atoms with van der Waals surface area (Å²) in [5.41, 5.74) is 11.6. The van der Waals surface area contributed by atoms with E-state index in [0.717, 1.165) is 61.4 Å². The van der Waals surface area contributed by atoms with Crippen LogP contribution >= 0.6 is 0 Å². The summed E-state index contributed by atoms with van der Waals surface area (Å²) < 4.78 is 14.7. The van der Waals surface area contributed by atoms with Gasteiger partial charge in [0.25, 0.3) is 6.33 Å². The first-order valence-corrected chi connectivity index (χ1v) is 17.0. The predicted octanol–water partition coefficient (Wildman–Crippen LogP) is 9.95. The van der Waals surface area contributed by atoms with Crippen molar-refractivity contribution < 1.29 is 13.9 Å². The Bertz CT molecular complexity index is 2730. The molecule has 0 unspecified atom stereocenters. The maximum absolute atomic E-state index is 7.84. The molecule has 6 nitrogen and oxygen atoms in total. The number of imidazole rings is 2. The standard InChI is InChI=1S/C46H31N5O/c1-47-35-26-27-44-45(28-35)51(46-40(33-14-5-3-6-15-33)22-13-23-41(46)34-16-7-4-8-17-34)32-50(44)37-19-12-21-39(30-37)52-38-20-11-18-36(29-38)49-31-48(2)42-24-9-10-25-43(42)49/h3-30H,2H3. The van der Waals surface area contributed by atoms with Gasteiger partial charge in [-0.2, -0.15) is 0 Å². The molecule has 0 fully saturated rings. The highest BCUT2D eigenvalue weighted by Gasteiger charge is 2.20. The Kier molecular flexibility index (Phi) is 7.64. The van der Waals surface area contributed by atoms with Gasteiger partial charge in [-0.25, -0.2) is 4.85 Å². The minimum absolute atomic E-state index is 0.559. The van der Waals surface area contributed by atoms with Crippen molar-refractivity contribution >= 4 is 27.8 Å².